The molecule has 2 aromatic carbocycles. The molecule has 3 aromatic rings. The summed E-state index contributed by atoms with van der Waals surface area (Å²) in [5.74, 6) is -0.00310. The molecule has 150 valence electrons. The summed E-state index contributed by atoms with van der Waals surface area (Å²) < 4.78 is 7.55. The van der Waals surface area contributed by atoms with Crippen molar-refractivity contribution in [2.75, 3.05) is 6.61 Å². The SMILES string of the molecule is Cc1cccc(-n2c(C)cc(/C=N\NC(=O)COc3ccc(Cl)cc3Cl)c2C)c1. The van der Waals surface area contributed by atoms with Gasteiger partial charge in [-0.3, -0.25) is 4.79 Å². The van der Waals surface area contributed by atoms with Crippen LogP contribution in [0, 0.1) is 20.8 Å². The molecular weight excluding hydrogens is 409 g/mol. The lowest BCUT2D eigenvalue weighted by Crippen LogP contribution is -2.24. The van der Waals surface area contributed by atoms with E-state index in [-0.39, 0.29) is 12.5 Å². The number of nitrogens with one attached hydrogen (secondary N) is 1. The lowest BCUT2D eigenvalue weighted by atomic mass is 10.2. The number of ether oxygens (including phenoxy) is 1. The van der Waals surface area contributed by atoms with E-state index in [0.717, 1.165) is 22.6 Å². The summed E-state index contributed by atoms with van der Waals surface area (Å²) in [6.45, 7) is 5.91. The molecule has 0 bridgehead atoms. The summed E-state index contributed by atoms with van der Waals surface area (Å²) in [6.07, 6.45) is 1.63. The number of hydrogen-bond acceptors (Lipinski definition) is 3. The molecule has 0 spiro atoms. The fraction of sp³-hybridized carbons (Fsp3) is 0.182. The van der Waals surface area contributed by atoms with E-state index in [0.29, 0.717) is 15.8 Å². The Balaban J connectivity index is 1.63. The van der Waals surface area contributed by atoms with Gasteiger partial charge in [0.15, 0.2) is 6.61 Å². The molecule has 0 atom stereocenters. The number of carbonyl (C=O) groups is 1. The highest BCUT2D eigenvalue weighted by atomic mass is 35.5. The molecule has 0 saturated carbocycles. The molecule has 0 saturated heterocycles. The third kappa shape index (κ3) is 5.19. The summed E-state index contributed by atoms with van der Waals surface area (Å²) in [5.41, 5.74) is 7.80. The average Bonchev–Trinajstić information content (AvgIpc) is 2.94. The summed E-state index contributed by atoms with van der Waals surface area (Å²) in [5, 5.41) is 4.89. The second kappa shape index (κ2) is 9.16. The van der Waals surface area contributed by atoms with Gasteiger partial charge in [0.1, 0.15) is 5.75 Å². The Morgan fingerprint density at radius 2 is 1.93 bits per heavy atom. The molecule has 5 nitrogen and oxygen atoms in total. The smallest absolute Gasteiger partial charge is 0.277 e. The minimum Gasteiger partial charge on any atom is -0.482 e. The van der Waals surface area contributed by atoms with Crippen molar-refractivity contribution in [2.45, 2.75) is 20.8 Å². The van der Waals surface area contributed by atoms with Crippen LogP contribution in [0.25, 0.3) is 5.69 Å². The van der Waals surface area contributed by atoms with Crippen molar-refractivity contribution in [3.8, 4) is 11.4 Å². The van der Waals surface area contributed by atoms with Crippen LogP contribution < -0.4 is 10.2 Å². The Kier molecular flexibility index (Phi) is 6.62. The molecule has 0 unspecified atom stereocenters. The first-order valence-corrected chi connectivity index (χ1v) is 9.76. The van der Waals surface area contributed by atoms with Crippen molar-refractivity contribution in [1.82, 2.24) is 9.99 Å². The highest BCUT2D eigenvalue weighted by Crippen LogP contribution is 2.27. The summed E-state index contributed by atoms with van der Waals surface area (Å²) in [7, 11) is 0. The van der Waals surface area contributed by atoms with Crippen LogP contribution in [0.4, 0.5) is 0 Å². The van der Waals surface area contributed by atoms with Gasteiger partial charge in [0.25, 0.3) is 5.91 Å². The van der Waals surface area contributed by atoms with Crippen LogP contribution in [-0.4, -0.2) is 23.3 Å². The highest BCUT2D eigenvalue weighted by Gasteiger charge is 2.10. The molecule has 0 radical (unpaired) electrons. The summed E-state index contributed by atoms with van der Waals surface area (Å²) in [6, 6.07) is 15.1. The number of nitrogens with zero attached hydrogens (tertiary/aromatic N) is 2. The first-order chi connectivity index (χ1) is 13.8. The first-order valence-electron chi connectivity index (χ1n) is 9.01. The second-order valence-corrected chi connectivity index (χ2v) is 7.50. The fourth-order valence-electron chi connectivity index (χ4n) is 3.02. The zero-order chi connectivity index (χ0) is 21.0. The minimum atomic E-state index is -0.389. The lowest BCUT2D eigenvalue weighted by molar-refractivity contribution is -0.123. The first kappa shape index (κ1) is 21.0. The molecular formula is C22H21Cl2N3O2. The maximum Gasteiger partial charge on any atom is 0.277 e. The normalized spacial score (nSPS) is 11.1. The van der Waals surface area contributed by atoms with E-state index in [1.165, 1.54) is 5.56 Å². The second-order valence-electron chi connectivity index (χ2n) is 6.66. The number of aryl methyl sites for hydroxylation is 2. The Hall–Kier alpha value is -2.76. The van der Waals surface area contributed by atoms with E-state index >= 15 is 0 Å². The molecule has 29 heavy (non-hydrogen) atoms. The van der Waals surface area contributed by atoms with Crippen LogP contribution in [0.15, 0.2) is 53.6 Å². The standard InChI is InChI=1S/C22H21Cl2N3O2/c1-14-5-4-6-19(9-14)27-15(2)10-17(16(27)3)12-25-26-22(28)13-29-21-8-7-18(23)11-20(21)24/h4-12H,13H2,1-3H3,(H,26,28)/b25-12-. The van der Waals surface area contributed by atoms with Gasteiger partial charge >= 0.3 is 0 Å². The van der Waals surface area contributed by atoms with Gasteiger partial charge in [0.05, 0.1) is 11.2 Å². The molecule has 1 aromatic heterocycles. The predicted molar refractivity (Wildman–Crippen MR) is 118 cm³/mol. The van der Waals surface area contributed by atoms with Crippen LogP contribution >= 0.6 is 23.2 Å². The number of benzene rings is 2. The topological polar surface area (TPSA) is 55.6 Å². The number of carbonyl (C=O) groups excluding carboxylic acids is 1. The Labute approximate surface area is 179 Å². The number of hydrogen-bond donors (Lipinski definition) is 1. The minimum absolute atomic E-state index is 0.207. The van der Waals surface area contributed by atoms with Crippen LogP contribution in [0.2, 0.25) is 10.0 Å². The largest absolute Gasteiger partial charge is 0.482 e. The van der Waals surface area contributed by atoms with E-state index in [9.17, 15) is 4.79 Å². The van der Waals surface area contributed by atoms with E-state index in [4.69, 9.17) is 27.9 Å². The number of amides is 1. The van der Waals surface area contributed by atoms with Gasteiger partial charge in [-0.15, -0.1) is 0 Å². The maximum absolute atomic E-state index is 12.0. The molecule has 0 aliphatic rings. The maximum atomic E-state index is 12.0. The van der Waals surface area contributed by atoms with E-state index in [1.807, 2.05) is 26.0 Å². The van der Waals surface area contributed by atoms with Crippen molar-refractivity contribution in [3.63, 3.8) is 0 Å². The molecule has 1 N–H and O–H groups in total. The fourth-order valence-corrected chi connectivity index (χ4v) is 3.49. The zero-order valence-electron chi connectivity index (χ0n) is 16.4. The van der Waals surface area contributed by atoms with Crippen LogP contribution in [0.3, 0.4) is 0 Å². The summed E-state index contributed by atoms with van der Waals surface area (Å²) >= 11 is 11.9. The summed E-state index contributed by atoms with van der Waals surface area (Å²) in [4.78, 5) is 12.0. The number of hydrazone groups is 1. The highest BCUT2D eigenvalue weighted by molar-refractivity contribution is 6.35. The monoisotopic (exact) mass is 429 g/mol. The van der Waals surface area contributed by atoms with Crippen LogP contribution in [0.5, 0.6) is 5.75 Å². The van der Waals surface area contributed by atoms with Crippen LogP contribution in [0.1, 0.15) is 22.5 Å². The molecule has 1 heterocycles. The van der Waals surface area contributed by atoms with Gasteiger partial charge in [-0.25, -0.2) is 5.43 Å². The predicted octanol–water partition coefficient (Wildman–Crippen LogP) is 5.24. The third-order valence-corrected chi connectivity index (χ3v) is 4.91. The molecule has 7 heteroatoms. The van der Waals surface area contributed by atoms with Gasteiger partial charge in [0.2, 0.25) is 0 Å². The van der Waals surface area contributed by atoms with Gasteiger partial charge in [-0.05, 0) is 62.7 Å². The number of aromatic nitrogens is 1. The van der Waals surface area contributed by atoms with Crippen molar-refractivity contribution >= 4 is 35.3 Å². The quantitative estimate of drug-likeness (QED) is 0.430. The van der Waals surface area contributed by atoms with Gasteiger partial charge in [-0.2, -0.15) is 5.10 Å². The molecule has 0 fully saturated rings. The van der Waals surface area contributed by atoms with E-state index in [2.05, 4.69) is 40.2 Å². The molecule has 0 aliphatic heterocycles. The number of rotatable bonds is 6. The van der Waals surface area contributed by atoms with Crippen molar-refractivity contribution in [1.29, 1.82) is 0 Å². The third-order valence-electron chi connectivity index (χ3n) is 4.38. The zero-order valence-corrected chi connectivity index (χ0v) is 17.9. The molecule has 0 aliphatic carbocycles. The average molecular weight is 430 g/mol. The van der Waals surface area contributed by atoms with E-state index in [1.54, 1.807) is 24.4 Å². The van der Waals surface area contributed by atoms with Crippen LogP contribution in [-0.2, 0) is 4.79 Å². The van der Waals surface area contributed by atoms with Crippen molar-refractivity contribution in [3.05, 3.63) is 81.1 Å². The Morgan fingerprint density at radius 1 is 1.14 bits per heavy atom. The van der Waals surface area contributed by atoms with Crippen molar-refractivity contribution in [2.24, 2.45) is 5.10 Å². The molecule has 1 amide bonds. The molecule has 3 rings (SSSR count). The Morgan fingerprint density at radius 3 is 2.66 bits per heavy atom. The Bertz CT molecular complexity index is 1070. The van der Waals surface area contributed by atoms with Gasteiger partial charge in [0, 0.05) is 27.7 Å². The van der Waals surface area contributed by atoms with E-state index < -0.39 is 0 Å². The van der Waals surface area contributed by atoms with Gasteiger partial charge in [-0.1, -0.05) is 35.3 Å². The lowest BCUT2D eigenvalue weighted by Gasteiger charge is -2.10. The van der Waals surface area contributed by atoms with Gasteiger partial charge < -0.3 is 9.30 Å². The number of halogens is 2. The van der Waals surface area contributed by atoms with Crippen molar-refractivity contribution < 1.29 is 9.53 Å².